The van der Waals surface area contributed by atoms with Crippen molar-refractivity contribution in [3.63, 3.8) is 0 Å². The van der Waals surface area contributed by atoms with E-state index in [-0.39, 0.29) is 18.4 Å². The van der Waals surface area contributed by atoms with Crippen LogP contribution in [0.15, 0.2) is 24.3 Å². The third-order valence-electron chi connectivity index (χ3n) is 2.71. The second kappa shape index (κ2) is 8.16. The van der Waals surface area contributed by atoms with Crippen LogP contribution in [0.5, 0.6) is 0 Å². The van der Waals surface area contributed by atoms with Crippen LogP contribution in [0, 0.1) is 0 Å². The topological polar surface area (TPSA) is 84.7 Å². The first-order valence-corrected chi connectivity index (χ1v) is 6.41. The average Bonchev–Trinajstić information content (AvgIpc) is 2.42. The zero-order valence-electron chi connectivity index (χ0n) is 11.9. The number of anilines is 1. The summed E-state index contributed by atoms with van der Waals surface area (Å²) in [5.41, 5.74) is 6.62. The van der Waals surface area contributed by atoms with E-state index >= 15 is 0 Å². The van der Waals surface area contributed by atoms with Crippen molar-refractivity contribution in [3.8, 4) is 0 Å². The molecule has 0 saturated carbocycles. The third-order valence-corrected chi connectivity index (χ3v) is 2.71. The van der Waals surface area contributed by atoms with E-state index in [1.807, 2.05) is 0 Å². The van der Waals surface area contributed by atoms with Crippen molar-refractivity contribution in [2.45, 2.75) is 6.42 Å². The van der Waals surface area contributed by atoms with Crippen molar-refractivity contribution in [3.05, 3.63) is 29.8 Å². The summed E-state index contributed by atoms with van der Waals surface area (Å²) >= 11 is 0. The summed E-state index contributed by atoms with van der Waals surface area (Å²) in [6.07, 6.45) is 0.745. The molecule has 0 aliphatic carbocycles. The van der Waals surface area contributed by atoms with E-state index < -0.39 is 0 Å². The second-order valence-corrected chi connectivity index (χ2v) is 4.48. The van der Waals surface area contributed by atoms with Crippen molar-refractivity contribution in [1.82, 2.24) is 10.2 Å². The van der Waals surface area contributed by atoms with Crippen LogP contribution >= 0.6 is 0 Å². The van der Waals surface area contributed by atoms with Crippen LogP contribution in [0.3, 0.4) is 0 Å². The number of likely N-dealkylation sites (N-methyl/N-ethyl adjacent to an activating group) is 1. The van der Waals surface area contributed by atoms with Crippen molar-refractivity contribution in [2.75, 3.05) is 39.6 Å². The Kier molecular flexibility index (Phi) is 6.52. The minimum Gasteiger partial charge on any atom is -0.399 e. The highest BCUT2D eigenvalue weighted by molar-refractivity contribution is 5.96. The molecular weight excluding hydrogens is 258 g/mol. The Morgan fingerprint density at radius 3 is 2.80 bits per heavy atom. The number of nitrogens with zero attached hydrogens (tertiary/aromatic N) is 1. The fourth-order valence-electron chi connectivity index (χ4n) is 1.68. The Balaban J connectivity index is 2.43. The lowest BCUT2D eigenvalue weighted by molar-refractivity contribution is -0.121. The predicted molar refractivity (Wildman–Crippen MR) is 77.3 cm³/mol. The molecule has 0 spiro atoms. The lowest BCUT2D eigenvalue weighted by Gasteiger charge is -2.17. The molecule has 1 aromatic rings. The number of hydrogen-bond acceptors (Lipinski definition) is 4. The lowest BCUT2D eigenvalue weighted by atomic mass is 10.2. The monoisotopic (exact) mass is 279 g/mol. The zero-order chi connectivity index (χ0) is 15.0. The van der Waals surface area contributed by atoms with Crippen LogP contribution in [0.4, 0.5) is 5.69 Å². The van der Waals surface area contributed by atoms with Gasteiger partial charge in [0.1, 0.15) is 0 Å². The number of rotatable bonds is 7. The molecule has 1 rings (SSSR count). The standard InChI is InChI=1S/C14H21N3O3/c1-17(10-13(18)16-7-4-8-20-2)14(19)11-5-3-6-12(15)9-11/h3,5-6,9H,4,7-8,10,15H2,1-2H3,(H,16,18). The van der Waals surface area contributed by atoms with Gasteiger partial charge in [-0.15, -0.1) is 0 Å². The van der Waals surface area contributed by atoms with Gasteiger partial charge in [0, 0.05) is 38.6 Å². The molecule has 1 aromatic carbocycles. The largest absolute Gasteiger partial charge is 0.399 e. The minimum atomic E-state index is -0.232. The molecule has 0 bridgehead atoms. The number of nitrogen functional groups attached to an aromatic ring is 1. The molecule has 0 heterocycles. The van der Waals surface area contributed by atoms with E-state index in [1.165, 1.54) is 4.90 Å². The van der Waals surface area contributed by atoms with Crippen molar-refractivity contribution >= 4 is 17.5 Å². The van der Waals surface area contributed by atoms with E-state index in [2.05, 4.69) is 5.32 Å². The van der Waals surface area contributed by atoms with Gasteiger partial charge in [-0.2, -0.15) is 0 Å². The summed E-state index contributed by atoms with van der Waals surface area (Å²) in [4.78, 5) is 25.1. The highest BCUT2D eigenvalue weighted by Crippen LogP contribution is 2.08. The fourth-order valence-corrected chi connectivity index (χ4v) is 1.68. The summed E-state index contributed by atoms with van der Waals surface area (Å²) in [5, 5.41) is 2.73. The van der Waals surface area contributed by atoms with Gasteiger partial charge in [0.15, 0.2) is 0 Å². The molecule has 0 unspecified atom stereocenters. The molecule has 3 N–H and O–H groups in total. The Labute approximate surface area is 118 Å². The molecule has 0 radical (unpaired) electrons. The number of benzene rings is 1. The number of carbonyl (C=O) groups excluding carboxylic acids is 2. The predicted octanol–water partition coefficient (Wildman–Crippen LogP) is 0.494. The molecule has 20 heavy (non-hydrogen) atoms. The fraction of sp³-hybridized carbons (Fsp3) is 0.429. The molecule has 0 aliphatic rings. The van der Waals surface area contributed by atoms with Crippen LogP contribution in [0.25, 0.3) is 0 Å². The number of amides is 2. The van der Waals surface area contributed by atoms with Crippen LogP contribution in [0.1, 0.15) is 16.8 Å². The van der Waals surface area contributed by atoms with Crippen LogP contribution in [-0.4, -0.2) is 50.6 Å². The molecule has 110 valence electrons. The lowest BCUT2D eigenvalue weighted by Crippen LogP contribution is -2.38. The summed E-state index contributed by atoms with van der Waals surface area (Å²) in [6.45, 7) is 1.14. The van der Waals surface area contributed by atoms with E-state index in [4.69, 9.17) is 10.5 Å². The van der Waals surface area contributed by atoms with Crippen LogP contribution < -0.4 is 11.1 Å². The van der Waals surface area contributed by atoms with Gasteiger partial charge in [-0.1, -0.05) is 6.07 Å². The third kappa shape index (κ3) is 5.27. The Bertz CT molecular complexity index is 463. The maximum atomic E-state index is 12.1. The molecule has 0 atom stereocenters. The van der Waals surface area contributed by atoms with E-state index in [1.54, 1.807) is 38.4 Å². The summed E-state index contributed by atoms with van der Waals surface area (Å²) in [7, 11) is 3.19. The molecule has 6 nitrogen and oxygen atoms in total. The van der Waals surface area contributed by atoms with Crippen molar-refractivity contribution < 1.29 is 14.3 Å². The maximum Gasteiger partial charge on any atom is 0.254 e. The zero-order valence-corrected chi connectivity index (χ0v) is 11.9. The Morgan fingerprint density at radius 2 is 2.15 bits per heavy atom. The Hall–Kier alpha value is -2.08. The van der Waals surface area contributed by atoms with Crippen LogP contribution in [-0.2, 0) is 9.53 Å². The maximum absolute atomic E-state index is 12.1. The number of carbonyl (C=O) groups is 2. The average molecular weight is 279 g/mol. The highest BCUT2D eigenvalue weighted by Gasteiger charge is 2.14. The highest BCUT2D eigenvalue weighted by atomic mass is 16.5. The SMILES string of the molecule is COCCCNC(=O)CN(C)C(=O)c1cccc(N)c1. The first kappa shape index (κ1) is 16.0. The first-order chi connectivity index (χ1) is 9.54. The van der Waals surface area contributed by atoms with Gasteiger partial charge in [-0.05, 0) is 24.6 Å². The Morgan fingerprint density at radius 1 is 1.40 bits per heavy atom. The molecule has 2 amide bonds. The van der Waals surface area contributed by atoms with Crippen molar-refractivity contribution in [1.29, 1.82) is 0 Å². The van der Waals surface area contributed by atoms with Gasteiger partial charge in [-0.25, -0.2) is 0 Å². The van der Waals surface area contributed by atoms with Gasteiger partial charge in [0.25, 0.3) is 5.91 Å². The molecule has 0 saturated heterocycles. The van der Waals surface area contributed by atoms with Gasteiger partial charge in [-0.3, -0.25) is 9.59 Å². The number of nitrogens with two attached hydrogens (primary N) is 1. The van der Waals surface area contributed by atoms with Crippen molar-refractivity contribution in [2.24, 2.45) is 0 Å². The molecular formula is C14H21N3O3. The van der Waals surface area contributed by atoms with Gasteiger partial charge in [0.2, 0.25) is 5.91 Å². The number of ether oxygens (including phenoxy) is 1. The minimum absolute atomic E-state index is 0.0145. The van der Waals surface area contributed by atoms with E-state index in [9.17, 15) is 9.59 Å². The molecule has 0 fully saturated rings. The van der Waals surface area contributed by atoms with E-state index in [0.29, 0.717) is 24.4 Å². The van der Waals surface area contributed by atoms with Gasteiger partial charge >= 0.3 is 0 Å². The number of methoxy groups -OCH3 is 1. The summed E-state index contributed by atoms with van der Waals surface area (Å²) in [5.74, 6) is -0.426. The van der Waals surface area contributed by atoms with Gasteiger partial charge < -0.3 is 20.7 Å². The normalized spacial score (nSPS) is 10.1. The first-order valence-electron chi connectivity index (χ1n) is 6.41. The van der Waals surface area contributed by atoms with Crippen LogP contribution in [0.2, 0.25) is 0 Å². The summed E-state index contributed by atoms with van der Waals surface area (Å²) in [6, 6.07) is 6.68. The molecule has 6 heteroatoms. The molecule has 0 aromatic heterocycles. The quantitative estimate of drug-likeness (QED) is 0.562. The number of hydrogen-bond donors (Lipinski definition) is 2. The summed E-state index contributed by atoms with van der Waals surface area (Å²) < 4.78 is 4.88. The second-order valence-electron chi connectivity index (χ2n) is 4.48. The van der Waals surface area contributed by atoms with Gasteiger partial charge in [0.05, 0.1) is 6.54 Å². The smallest absolute Gasteiger partial charge is 0.254 e. The molecule has 0 aliphatic heterocycles. The van der Waals surface area contributed by atoms with E-state index in [0.717, 1.165) is 6.42 Å². The number of nitrogens with one attached hydrogen (secondary N) is 1.